The first-order valence-corrected chi connectivity index (χ1v) is 6.34. The molecule has 1 amide bonds. The summed E-state index contributed by atoms with van der Waals surface area (Å²) in [6, 6.07) is -0.0337. The van der Waals surface area contributed by atoms with Gasteiger partial charge >= 0.3 is 5.97 Å². The molecule has 18 heavy (non-hydrogen) atoms. The summed E-state index contributed by atoms with van der Waals surface area (Å²) in [6.07, 6.45) is 0.777. The number of quaternary nitrogens is 1. The Morgan fingerprint density at radius 3 is 2.39 bits per heavy atom. The molecule has 6 heteroatoms. The molecule has 0 aliphatic carbocycles. The predicted molar refractivity (Wildman–Crippen MR) is 59.4 cm³/mol. The van der Waals surface area contributed by atoms with E-state index in [0.717, 1.165) is 6.42 Å². The maximum Gasteiger partial charge on any atom is 0.309 e. The first-order chi connectivity index (χ1) is 8.60. The van der Waals surface area contributed by atoms with Gasteiger partial charge in [-0.25, -0.2) is 0 Å². The number of carbonyl (C=O) groups is 2. The summed E-state index contributed by atoms with van der Waals surface area (Å²) >= 11 is 0. The molecule has 2 aliphatic heterocycles. The third kappa shape index (κ3) is 2.22. The number of methoxy groups -OCH3 is 1. The number of amides is 1. The minimum atomic E-state index is -1.05. The van der Waals surface area contributed by atoms with Crippen molar-refractivity contribution in [2.45, 2.75) is 25.3 Å². The van der Waals surface area contributed by atoms with E-state index in [-0.39, 0.29) is 22.4 Å². The van der Waals surface area contributed by atoms with Gasteiger partial charge in [-0.15, -0.1) is 0 Å². The Bertz CT molecular complexity index is 329. The van der Waals surface area contributed by atoms with Crippen LogP contribution in [-0.4, -0.2) is 56.0 Å². The number of carbonyl (C=O) groups excluding carboxylic acids is 2. The minimum absolute atomic E-state index is 0.0337. The Labute approximate surface area is 106 Å². The Morgan fingerprint density at radius 2 is 1.94 bits per heavy atom. The number of esters is 1. The summed E-state index contributed by atoms with van der Waals surface area (Å²) < 4.78 is 9.93. The second kappa shape index (κ2) is 5.24. The average Bonchev–Trinajstić information content (AvgIpc) is 2.92. The van der Waals surface area contributed by atoms with Gasteiger partial charge in [-0.05, 0) is 0 Å². The molecule has 1 atom stereocenters. The summed E-state index contributed by atoms with van der Waals surface area (Å²) in [4.78, 5) is 23.0. The third-order valence-corrected chi connectivity index (χ3v) is 4.26. The van der Waals surface area contributed by atoms with Crippen LogP contribution >= 0.6 is 0 Å². The van der Waals surface area contributed by atoms with Crippen molar-refractivity contribution in [1.82, 2.24) is 0 Å². The first-order valence-electron chi connectivity index (χ1n) is 6.34. The lowest BCUT2D eigenvalue weighted by Gasteiger charge is -2.46. The third-order valence-electron chi connectivity index (χ3n) is 4.26. The highest BCUT2D eigenvalue weighted by Gasteiger charge is 2.45. The number of hydrogen-bond donors (Lipinski definition) is 0. The van der Waals surface area contributed by atoms with Gasteiger partial charge in [0.05, 0.1) is 39.3 Å². The summed E-state index contributed by atoms with van der Waals surface area (Å²) in [5.41, 5.74) is 0. The number of carboxylic acid groups (broad SMARTS) is 1. The van der Waals surface area contributed by atoms with E-state index in [1.165, 1.54) is 7.11 Å². The van der Waals surface area contributed by atoms with Gasteiger partial charge < -0.3 is 19.4 Å². The molecule has 0 bridgehead atoms. The second-order valence-electron chi connectivity index (χ2n) is 5.06. The van der Waals surface area contributed by atoms with Crippen LogP contribution in [0.4, 0.5) is 4.79 Å². The number of rotatable bonds is 2. The normalized spacial score (nSPS) is 36.3. The topological polar surface area (TPSA) is 75.7 Å². The molecule has 2 aliphatic rings. The summed E-state index contributed by atoms with van der Waals surface area (Å²) in [7, 11) is 1.36. The van der Waals surface area contributed by atoms with Crippen molar-refractivity contribution >= 4 is 12.1 Å². The summed E-state index contributed by atoms with van der Waals surface area (Å²) in [5.74, 6) is -0.420. The van der Waals surface area contributed by atoms with Gasteiger partial charge in [0.2, 0.25) is 0 Å². The van der Waals surface area contributed by atoms with E-state index < -0.39 is 6.09 Å². The van der Waals surface area contributed by atoms with Gasteiger partial charge in [0, 0.05) is 19.3 Å². The van der Waals surface area contributed by atoms with Gasteiger partial charge in [-0.1, -0.05) is 0 Å². The fourth-order valence-electron chi connectivity index (χ4n) is 3.04. The van der Waals surface area contributed by atoms with Gasteiger partial charge in [0.15, 0.2) is 0 Å². The molecule has 0 radical (unpaired) electrons. The van der Waals surface area contributed by atoms with Crippen LogP contribution in [0.3, 0.4) is 0 Å². The number of nitrogens with zero attached hydrogens (tertiary/aromatic N) is 1. The van der Waals surface area contributed by atoms with Crippen molar-refractivity contribution in [3.63, 3.8) is 0 Å². The molecule has 0 saturated carbocycles. The second-order valence-corrected chi connectivity index (χ2v) is 5.06. The predicted octanol–water partition coefficient (Wildman–Crippen LogP) is -0.482. The Balaban J connectivity index is 2.06. The largest absolute Gasteiger partial charge is 0.498 e. The number of likely N-dealkylation sites (tertiary alicyclic amines) is 1. The number of ether oxygens (including phenoxy) is 2. The molecule has 0 unspecified atom stereocenters. The quantitative estimate of drug-likeness (QED) is 0.493. The maximum absolute atomic E-state index is 11.5. The monoisotopic (exact) mass is 257 g/mol. The molecule has 2 heterocycles. The van der Waals surface area contributed by atoms with Crippen LogP contribution in [0.1, 0.15) is 19.3 Å². The van der Waals surface area contributed by atoms with Crippen LogP contribution in [0.2, 0.25) is 0 Å². The van der Waals surface area contributed by atoms with Crippen LogP contribution in [-0.2, 0) is 14.3 Å². The number of hydrogen-bond acceptors (Lipinski definition) is 5. The maximum atomic E-state index is 11.5. The molecule has 0 spiro atoms. The van der Waals surface area contributed by atoms with E-state index in [4.69, 9.17) is 9.47 Å². The van der Waals surface area contributed by atoms with Crippen LogP contribution in [0, 0.1) is 5.92 Å². The fourth-order valence-corrected chi connectivity index (χ4v) is 3.04. The first kappa shape index (κ1) is 13.3. The van der Waals surface area contributed by atoms with E-state index in [1.54, 1.807) is 0 Å². The van der Waals surface area contributed by atoms with Crippen molar-refractivity contribution in [2.75, 3.05) is 33.4 Å². The summed E-state index contributed by atoms with van der Waals surface area (Å²) in [5, 5.41) is 11.5. The zero-order valence-corrected chi connectivity index (χ0v) is 10.6. The highest BCUT2D eigenvalue weighted by atomic mass is 16.5. The Morgan fingerprint density at radius 1 is 1.28 bits per heavy atom. The standard InChI is InChI=1S/C12H19NO5/c1-17-11(14)9-2-5-13(6-3-9,12(15)16)10-4-7-18-8-10/h9-10H,2-8H2,1H3/t9?,10-,13?/m0/s1. The summed E-state index contributed by atoms with van der Waals surface area (Å²) in [6.45, 7) is 1.93. The molecule has 2 saturated heterocycles. The smallest absolute Gasteiger partial charge is 0.309 e. The highest BCUT2D eigenvalue weighted by molar-refractivity contribution is 5.72. The van der Waals surface area contributed by atoms with Crippen molar-refractivity contribution in [2.24, 2.45) is 5.92 Å². The van der Waals surface area contributed by atoms with Crippen LogP contribution in [0.25, 0.3) is 0 Å². The van der Waals surface area contributed by atoms with Crippen molar-refractivity contribution < 1.29 is 28.7 Å². The lowest BCUT2D eigenvalue weighted by atomic mass is 9.93. The van der Waals surface area contributed by atoms with Gasteiger partial charge in [0.1, 0.15) is 6.04 Å². The van der Waals surface area contributed by atoms with E-state index in [9.17, 15) is 14.7 Å². The highest BCUT2D eigenvalue weighted by Crippen LogP contribution is 2.30. The van der Waals surface area contributed by atoms with Crippen LogP contribution in [0.5, 0.6) is 0 Å². The van der Waals surface area contributed by atoms with E-state index in [0.29, 0.717) is 39.1 Å². The average molecular weight is 257 g/mol. The van der Waals surface area contributed by atoms with E-state index >= 15 is 0 Å². The van der Waals surface area contributed by atoms with Gasteiger partial charge in [0.25, 0.3) is 6.09 Å². The number of piperidine rings is 1. The molecule has 0 N–H and O–H groups in total. The fraction of sp³-hybridized carbons (Fsp3) is 0.833. The zero-order valence-electron chi connectivity index (χ0n) is 10.6. The molecule has 2 rings (SSSR count). The van der Waals surface area contributed by atoms with Crippen molar-refractivity contribution in [1.29, 1.82) is 0 Å². The van der Waals surface area contributed by atoms with Gasteiger partial charge in [-0.3, -0.25) is 9.28 Å². The molecule has 102 valence electrons. The Kier molecular flexibility index (Phi) is 3.87. The molecule has 6 nitrogen and oxygen atoms in total. The molecular formula is C12H19NO5. The van der Waals surface area contributed by atoms with Gasteiger partial charge in [-0.2, -0.15) is 0 Å². The molecular weight excluding hydrogens is 238 g/mol. The van der Waals surface area contributed by atoms with Crippen LogP contribution in [0.15, 0.2) is 0 Å². The van der Waals surface area contributed by atoms with Crippen LogP contribution < -0.4 is 5.11 Å². The van der Waals surface area contributed by atoms with E-state index in [1.807, 2.05) is 0 Å². The Hall–Kier alpha value is -1.14. The van der Waals surface area contributed by atoms with E-state index in [2.05, 4.69) is 0 Å². The molecule has 0 aromatic heterocycles. The molecule has 2 fully saturated rings. The lowest BCUT2D eigenvalue weighted by Crippen LogP contribution is -2.67. The molecule has 0 aromatic carbocycles. The molecule has 0 aromatic rings. The lowest BCUT2D eigenvalue weighted by molar-refractivity contribution is -0.903. The SMILES string of the molecule is COC(=O)C1CC[N+](C(=O)[O-])([C@H]2CCOC2)CC1. The zero-order chi connectivity index (χ0) is 13.2. The van der Waals surface area contributed by atoms with Crippen molar-refractivity contribution in [3.8, 4) is 0 Å². The van der Waals surface area contributed by atoms with Crippen molar-refractivity contribution in [3.05, 3.63) is 0 Å². The minimum Gasteiger partial charge on any atom is -0.498 e.